The van der Waals surface area contributed by atoms with Crippen LogP contribution in [0, 0.1) is 11.8 Å². The van der Waals surface area contributed by atoms with Crippen LogP contribution in [0.15, 0.2) is 42.7 Å². The van der Waals surface area contributed by atoms with Gasteiger partial charge in [0, 0.05) is 51.3 Å². The third-order valence-electron chi connectivity index (χ3n) is 8.92. The number of rotatable bonds is 8. The quantitative estimate of drug-likeness (QED) is 0.397. The molecule has 2 fully saturated rings. The molecule has 1 aromatic heterocycles. The van der Waals surface area contributed by atoms with Crippen LogP contribution in [-0.2, 0) is 24.2 Å². The summed E-state index contributed by atoms with van der Waals surface area (Å²) in [4.78, 5) is 24.0. The van der Waals surface area contributed by atoms with E-state index in [0.717, 1.165) is 81.1 Å². The Kier molecular flexibility index (Phi) is 8.49. The molecule has 1 saturated carbocycles. The number of ether oxygens (including phenoxy) is 1. The summed E-state index contributed by atoms with van der Waals surface area (Å²) in [6, 6.07) is 9.34. The first kappa shape index (κ1) is 27.5. The molecule has 1 aliphatic carbocycles. The normalized spacial score (nSPS) is 21.8. The van der Waals surface area contributed by atoms with E-state index < -0.39 is 0 Å². The van der Waals surface area contributed by atoms with Crippen LogP contribution in [0.3, 0.4) is 0 Å². The summed E-state index contributed by atoms with van der Waals surface area (Å²) >= 11 is 0. The number of piperidine rings is 1. The average Bonchev–Trinajstić information content (AvgIpc) is 2.93. The van der Waals surface area contributed by atoms with Gasteiger partial charge in [-0.15, -0.1) is 0 Å². The fourth-order valence-corrected chi connectivity index (χ4v) is 6.79. The smallest absolute Gasteiger partial charge is 0.222 e. The summed E-state index contributed by atoms with van der Waals surface area (Å²) in [5.74, 6) is 3.62. The molecule has 39 heavy (non-hydrogen) atoms. The van der Waals surface area contributed by atoms with Crippen LogP contribution in [0.4, 0.5) is 11.5 Å². The maximum Gasteiger partial charge on any atom is 0.222 e. The largest absolute Gasteiger partial charge is 0.496 e. The van der Waals surface area contributed by atoms with Crippen molar-refractivity contribution in [2.45, 2.75) is 84.2 Å². The lowest BCUT2D eigenvalue weighted by Gasteiger charge is -2.39. The molecule has 6 nitrogen and oxygen atoms in total. The van der Waals surface area contributed by atoms with Crippen molar-refractivity contribution < 1.29 is 9.53 Å². The van der Waals surface area contributed by atoms with E-state index in [2.05, 4.69) is 66.4 Å². The molecule has 0 unspecified atom stereocenters. The highest BCUT2D eigenvalue weighted by Gasteiger charge is 2.30. The average molecular weight is 531 g/mol. The monoisotopic (exact) mass is 530 g/mol. The second kappa shape index (κ2) is 12.0. The molecule has 0 radical (unpaired) electrons. The number of carbonyl (C=O) groups excluding carboxylic acids is 1. The Morgan fingerprint density at radius 3 is 2.59 bits per heavy atom. The summed E-state index contributed by atoms with van der Waals surface area (Å²) in [6.07, 6.45) is 11.5. The van der Waals surface area contributed by atoms with Gasteiger partial charge in [0.25, 0.3) is 0 Å². The van der Waals surface area contributed by atoms with E-state index in [1.165, 1.54) is 36.0 Å². The number of likely N-dealkylation sites (tertiary alicyclic amines) is 1. The van der Waals surface area contributed by atoms with E-state index in [0.29, 0.717) is 23.8 Å². The highest BCUT2D eigenvalue weighted by atomic mass is 16.5. The van der Waals surface area contributed by atoms with Gasteiger partial charge in [-0.3, -0.25) is 4.79 Å². The van der Waals surface area contributed by atoms with E-state index in [1.807, 2.05) is 6.20 Å². The van der Waals surface area contributed by atoms with Crippen LogP contribution < -0.4 is 14.5 Å². The molecule has 2 aromatic rings. The van der Waals surface area contributed by atoms with E-state index in [9.17, 15) is 4.79 Å². The lowest BCUT2D eigenvalue weighted by Crippen LogP contribution is -2.45. The third-order valence-corrected chi connectivity index (χ3v) is 8.92. The minimum Gasteiger partial charge on any atom is -0.496 e. The molecule has 2 aliphatic heterocycles. The molecule has 1 aromatic carbocycles. The number of hydrogen-bond donors (Lipinski definition) is 0. The van der Waals surface area contributed by atoms with Gasteiger partial charge in [-0.05, 0) is 91.7 Å². The van der Waals surface area contributed by atoms with Gasteiger partial charge in [0.15, 0.2) is 0 Å². The van der Waals surface area contributed by atoms with Crippen molar-refractivity contribution >= 4 is 17.4 Å². The first-order chi connectivity index (χ1) is 18.8. The predicted octanol–water partition coefficient (Wildman–Crippen LogP) is 6.37. The van der Waals surface area contributed by atoms with Crippen molar-refractivity contribution in [3.63, 3.8) is 0 Å². The lowest BCUT2D eigenvalue weighted by molar-refractivity contribution is -0.136. The Bertz CT molecular complexity index is 1170. The highest BCUT2D eigenvalue weighted by Crippen LogP contribution is 2.35. The van der Waals surface area contributed by atoms with Crippen molar-refractivity contribution in [1.82, 2.24) is 9.88 Å². The van der Waals surface area contributed by atoms with Gasteiger partial charge < -0.3 is 19.4 Å². The zero-order valence-corrected chi connectivity index (χ0v) is 24.4. The SMILES string of the molecule is C=C1Cc2cc(OC)c(CC(C)C)cc2CN1c1ccc(N(C)CC2CCC(N3CCCCC3=O)CC2)nc1. The first-order valence-corrected chi connectivity index (χ1v) is 14.9. The van der Waals surface area contributed by atoms with Crippen LogP contribution in [0.25, 0.3) is 0 Å². The topological polar surface area (TPSA) is 48.9 Å². The minimum absolute atomic E-state index is 0.377. The summed E-state index contributed by atoms with van der Waals surface area (Å²) in [5, 5.41) is 0. The van der Waals surface area contributed by atoms with Crippen LogP contribution in [-0.4, -0.2) is 49.1 Å². The van der Waals surface area contributed by atoms with Crippen LogP contribution in [0.2, 0.25) is 0 Å². The molecular weight excluding hydrogens is 484 g/mol. The zero-order valence-electron chi connectivity index (χ0n) is 24.4. The van der Waals surface area contributed by atoms with Gasteiger partial charge in [0.05, 0.1) is 19.0 Å². The predicted molar refractivity (Wildman–Crippen MR) is 159 cm³/mol. The number of aromatic nitrogens is 1. The van der Waals surface area contributed by atoms with Crippen molar-refractivity contribution in [1.29, 1.82) is 0 Å². The molecule has 3 heterocycles. The summed E-state index contributed by atoms with van der Waals surface area (Å²) in [5.41, 5.74) is 6.13. The second-order valence-electron chi connectivity index (χ2n) is 12.3. The maximum absolute atomic E-state index is 12.3. The van der Waals surface area contributed by atoms with Crippen LogP contribution in [0.1, 0.15) is 75.5 Å². The van der Waals surface area contributed by atoms with Crippen molar-refractivity contribution in [2.24, 2.45) is 11.8 Å². The van der Waals surface area contributed by atoms with E-state index in [-0.39, 0.29) is 0 Å². The van der Waals surface area contributed by atoms with Gasteiger partial charge in [-0.2, -0.15) is 0 Å². The first-order valence-electron chi connectivity index (χ1n) is 14.9. The fraction of sp³-hybridized carbons (Fsp3) is 0.576. The van der Waals surface area contributed by atoms with Crippen molar-refractivity contribution in [3.8, 4) is 5.75 Å². The molecule has 0 spiro atoms. The lowest BCUT2D eigenvalue weighted by atomic mass is 9.84. The number of fused-ring (bicyclic) bond motifs is 1. The molecule has 0 atom stereocenters. The maximum atomic E-state index is 12.3. The molecule has 5 rings (SSSR count). The number of amides is 1. The number of carbonyl (C=O) groups is 1. The van der Waals surface area contributed by atoms with Gasteiger partial charge in [0.2, 0.25) is 5.91 Å². The number of benzene rings is 1. The molecule has 210 valence electrons. The van der Waals surface area contributed by atoms with Gasteiger partial charge in [0.1, 0.15) is 11.6 Å². The van der Waals surface area contributed by atoms with Crippen molar-refractivity contribution in [2.75, 3.05) is 37.0 Å². The Labute approximate surface area is 235 Å². The standard InChI is InChI=1S/C33H46N4O2/c1-23(2)16-27-18-28-22-37(24(3)17-26(28)19-31(27)39-5)30-13-14-32(34-20-30)35(4)21-25-9-11-29(12-10-25)36-15-7-6-8-33(36)38/h13-14,18-20,23,25,29H,3,6-12,15-17,21-22H2,1-2,4-5H3. The second-order valence-corrected chi connectivity index (χ2v) is 12.3. The van der Waals surface area contributed by atoms with E-state index in [1.54, 1.807) is 7.11 Å². The Morgan fingerprint density at radius 1 is 1.13 bits per heavy atom. The number of hydrogen-bond acceptors (Lipinski definition) is 5. The Morgan fingerprint density at radius 2 is 1.92 bits per heavy atom. The summed E-state index contributed by atoms with van der Waals surface area (Å²) in [6.45, 7) is 11.7. The molecule has 0 N–H and O–H groups in total. The fourth-order valence-electron chi connectivity index (χ4n) is 6.79. The number of allylic oxidation sites excluding steroid dienone is 1. The van der Waals surface area contributed by atoms with Crippen LogP contribution >= 0.6 is 0 Å². The zero-order chi connectivity index (χ0) is 27.5. The van der Waals surface area contributed by atoms with E-state index in [4.69, 9.17) is 9.72 Å². The summed E-state index contributed by atoms with van der Waals surface area (Å²) in [7, 11) is 3.92. The van der Waals surface area contributed by atoms with Crippen molar-refractivity contribution in [3.05, 3.63) is 59.4 Å². The van der Waals surface area contributed by atoms with Crippen LogP contribution in [0.5, 0.6) is 5.75 Å². The Balaban J connectivity index is 1.19. The van der Waals surface area contributed by atoms with Gasteiger partial charge in [-0.25, -0.2) is 4.98 Å². The van der Waals surface area contributed by atoms with Gasteiger partial charge in [-0.1, -0.05) is 26.5 Å². The minimum atomic E-state index is 0.377. The van der Waals surface area contributed by atoms with E-state index >= 15 is 0 Å². The number of nitrogens with zero attached hydrogens (tertiary/aromatic N) is 4. The molecule has 6 heteroatoms. The molecule has 1 saturated heterocycles. The molecule has 1 amide bonds. The molecule has 3 aliphatic rings. The number of methoxy groups -OCH3 is 1. The third kappa shape index (κ3) is 6.26. The Hall–Kier alpha value is -3.02. The molecule has 0 bridgehead atoms. The molecular formula is C33H46N4O2. The highest BCUT2D eigenvalue weighted by molar-refractivity contribution is 5.77. The number of pyridine rings is 1. The summed E-state index contributed by atoms with van der Waals surface area (Å²) < 4.78 is 5.71. The van der Waals surface area contributed by atoms with Gasteiger partial charge >= 0.3 is 0 Å². The number of anilines is 2.